The molecule has 146 valence electrons. The summed E-state index contributed by atoms with van der Waals surface area (Å²) in [7, 11) is 0. The normalized spacial score (nSPS) is 11.6. The Morgan fingerprint density at radius 2 is 1.90 bits per heavy atom. The molecule has 3 aromatic rings. The van der Waals surface area contributed by atoms with Crippen molar-refractivity contribution in [3.63, 3.8) is 0 Å². The van der Waals surface area contributed by atoms with Crippen molar-refractivity contribution in [1.82, 2.24) is 9.78 Å². The lowest BCUT2D eigenvalue weighted by atomic mass is 9.98. The summed E-state index contributed by atoms with van der Waals surface area (Å²) in [6, 6.07) is 11.7. The SMILES string of the molecule is Cc1c(C(=O)C(C#N)C(=O)Nc2ccc(Cl)cc2Cl)cnn1-c1ccc(F)cc1. The van der Waals surface area contributed by atoms with Crippen LogP contribution in [0.5, 0.6) is 0 Å². The highest BCUT2D eigenvalue weighted by molar-refractivity contribution is 6.36. The molecule has 0 radical (unpaired) electrons. The predicted molar refractivity (Wildman–Crippen MR) is 107 cm³/mol. The largest absolute Gasteiger partial charge is 0.323 e. The van der Waals surface area contributed by atoms with E-state index in [-0.39, 0.29) is 16.3 Å². The summed E-state index contributed by atoms with van der Waals surface area (Å²) in [6.45, 7) is 1.62. The van der Waals surface area contributed by atoms with Crippen molar-refractivity contribution >= 4 is 40.6 Å². The number of hydrogen-bond acceptors (Lipinski definition) is 4. The molecular weight excluding hydrogens is 418 g/mol. The molecule has 0 fully saturated rings. The number of benzene rings is 2. The smallest absolute Gasteiger partial charge is 0.249 e. The maximum atomic E-state index is 13.1. The lowest BCUT2D eigenvalue weighted by Gasteiger charge is -2.11. The van der Waals surface area contributed by atoms with Gasteiger partial charge in [0.1, 0.15) is 5.82 Å². The lowest BCUT2D eigenvalue weighted by molar-refractivity contribution is -0.117. The first-order chi connectivity index (χ1) is 13.8. The number of halogens is 3. The van der Waals surface area contributed by atoms with E-state index in [1.54, 1.807) is 13.0 Å². The lowest BCUT2D eigenvalue weighted by Crippen LogP contribution is -2.29. The van der Waals surface area contributed by atoms with Gasteiger partial charge in [0, 0.05) is 5.02 Å². The molecule has 1 atom stereocenters. The third-order valence-electron chi connectivity index (χ3n) is 4.19. The Morgan fingerprint density at radius 1 is 1.21 bits per heavy atom. The number of rotatable bonds is 5. The van der Waals surface area contributed by atoms with E-state index in [2.05, 4.69) is 10.4 Å². The van der Waals surface area contributed by atoms with Crippen molar-refractivity contribution in [3.8, 4) is 11.8 Å². The fraction of sp³-hybridized carbons (Fsp3) is 0.100. The molecule has 0 spiro atoms. The average molecular weight is 431 g/mol. The van der Waals surface area contributed by atoms with Crippen molar-refractivity contribution in [2.45, 2.75) is 6.92 Å². The number of hydrogen-bond donors (Lipinski definition) is 1. The monoisotopic (exact) mass is 430 g/mol. The van der Waals surface area contributed by atoms with Crippen LogP contribution in [0.2, 0.25) is 10.0 Å². The van der Waals surface area contributed by atoms with Crippen LogP contribution in [0.15, 0.2) is 48.7 Å². The van der Waals surface area contributed by atoms with Crippen LogP contribution in [0.3, 0.4) is 0 Å². The number of carbonyl (C=O) groups is 2. The van der Waals surface area contributed by atoms with Gasteiger partial charge in [0.25, 0.3) is 0 Å². The fourth-order valence-electron chi connectivity index (χ4n) is 2.68. The summed E-state index contributed by atoms with van der Waals surface area (Å²) in [5, 5.41) is 16.5. The van der Waals surface area contributed by atoms with Crippen LogP contribution in [0.25, 0.3) is 5.69 Å². The summed E-state index contributed by atoms with van der Waals surface area (Å²) < 4.78 is 14.6. The van der Waals surface area contributed by atoms with Crippen LogP contribution in [0, 0.1) is 30.0 Å². The Balaban J connectivity index is 1.85. The van der Waals surface area contributed by atoms with E-state index in [1.807, 2.05) is 0 Å². The van der Waals surface area contributed by atoms with Crippen molar-refractivity contribution in [2.24, 2.45) is 5.92 Å². The first kappa shape index (κ1) is 20.5. The predicted octanol–water partition coefficient (Wildman–Crippen LogP) is 4.59. The van der Waals surface area contributed by atoms with Crippen molar-refractivity contribution in [2.75, 3.05) is 5.32 Å². The van der Waals surface area contributed by atoms with E-state index in [0.717, 1.165) is 0 Å². The molecule has 0 saturated carbocycles. The second-order valence-electron chi connectivity index (χ2n) is 6.07. The molecule has 3 rings (SSSR count). The van der Waals surface area contributed by atoms with E-state index in [9.17, 15) is 19.2 Å². The molecule has 0 aliphatic heterocycles. The molecule has 2 aromatic carbocycles. The van der Waals surface area contributed by atoms with Gasteiger partial charge in [-0.15, -0.1) is 0 Å². The van der Waals surface area contributed by atoms with Gasteiger partial charge in [-0.25, -0.2) is 9.07 Å². The van der Waals surface area contributed by atoms with E-state index in [4.69, 9.17) is 23.2 Å². The van der Waals surface area contributed by atoms with Crippen LogP contribution in [0.1, 0.15) is 16.1 Å². The van der Waals surface area contributed by atoms with Crippen molar-refractivity contribution in [3.05, 3.63) is 75.8 Å². The topological polar surface area (TPSA) is 87.8 Å². The van der Waals surface area contributed by atoms with Gasteiger partial charge in [-0.1, -0.05) is 23.2 Å². The quantitative estimate of drug-likeness (QED) is 0.473. The van der Waals surface area contributed by atoms with E-state index in [0.29, 0.717) is 16.4 Å². The van der Waals surface area contributed by atoms with Crippen molar-refractivity contribution < 1.29 is 14.0 Å². The molecule has 6 nitrogen and oxygen atoms in total. The first-order valence-electron chi connectivity index (χ1n) is 8.32. The second-order valence-corrected chi connectivity index (χ2v) is 6.92. The van der Waals surface area contributed by atoms with Gasteiger partial charge in [-0.2, -0.15) is 10.4 Å². The molecule has 0 aliphatic carbocycles. The van der Waals surface area contributed by atoms with Gasteiger partial charge in [0.05, 0.1) is 39.9 Å². The van der Waals surface area contributed by atoms with E-state index in [1.165, 1.54) is 53.3 Å². The number of nitrogens with one attached hydrogen (secondary N) is 1. The number of amides is 1. The highest BCUT2D eigenvalue weighted by Crippen LogP contribution is 2.26. The highest BCUT2D eigenvalue weighted by atomic mass is 35.5. The number of aromatic nitrogens is 2. The Morgan fingerprint density at radius 3 is 2.52 bits per heavy atom. The van der Waals surface area contributed by atoms with Gasteiger partial charge in [-0.3, -0.25) is 9.59 Å². The number of nitriles is 1. The Labute approximate surface area is 175 Å². The Kier molecular flexibility index (Phi) is 5.97. The molecule has 9 heteroatoms. The zero-order chi connectivity index (χ0) is 21.1. The number of Topliss-reactive ketones (excluding diaryl/α,β-unsaturated/α-hetero) is 1. The first-order valence-corrected chi connectivity index (χ1v) is 9.07. The van der Waals surface area contributed by atoms with Crippen LogP contribution in [-0.4, -0.2) is 21.5 Å². The molecule has 1 unspecified atom stereocenters. The number of nitrogens with zero attached hydrogens (tertiary/aromatic N) is 3. The summed E-state index contributed by atoms with van der Waals surface area (Å²) >= 11 is 11.8. The Hall–Kier alpha value is -3.21. The van der Waals surface area contributed by atoms with Gasteiger partial charge in [-0.05, 0) is 49.4 Å². The molecular formula is C20H13Cl2FN4O2. The minimum atomic E-state index is -1.61. The van der Waals surface area contributed by atoms with E-state index >= 15 is 0 Å². The number of anilines is 1. The molecule has 0 saturated heterocycles. The molecule has 0 bridgehead atoms. The summed E-state index contributed by atoms with van der Waals surface area (Å²) in [5.74, 6) is -3.54. The average Bonchev–Trinajstić information content (AvgIpc) is 3.06. The number of carbonyl (C=O) groups excluding carboxylic acids is 2. The maximum absolute atomic E-state index is 13.1. The third kappa shape index (κ3) is 4.29. The van der Waals surface area contributed by atoms with Gasteiger partial charge in [0.2, 0.25) is 5.91 Å². The van der Waals surface area contributed by atoms with Crippen LogP contribution in [0.4, 0.5) is 10.1 Å². The molecule has 29 heavy (non-hydrogen) atoms. The van der Waals surface area contributed by atoms with Crippen LogP contribution < -0.4 is 5.32 Å². The minimum Gasteiger partial charge on any atom is -0.323 e. The van der Waals surface area contributed by atoms with E-state index < -0.39 is 23.4 Å². The molecule has 1 heterocycles. The van der Waals surface area contributed by atoms with Crippen LogP contribution >= 0.6 is 23.2 Å². The van der Waals surface area contributed by atoms with Gasteiger partial charge < -0.3 is 5.32 Å². The minimum absolute atomic E-state index is 0.109. The maximum Gasteiger partial charge on any atom is 0.249 e. The summed E-state index contributed by atoms with van der Waals surface area (Å²) in [6.07, 6.45) is 1.27. The second kappa shape index (κ2) is 8.43. The molecule has 1 aromatic heterocycles. The fourth-order valence-corrected chi connectivity index (χ4v) is 3.14. The zero-order valence-electron chi connectivity index (χ0n) is 15.0. The van der Waals surface area contributed by atoms with Crippen molar-refractivity contribution in [1.29, 1.82) is 5.26 Å². The third-order valence-corrected chi connectivity index (χ3v) is 4.74. The Bertz CT molecular complexity index is 1140. The zero-order valence-corrected chi connectivity index (χ0v) is 16.5. The standard InChI is InChI=1S/C20H13Cl2FN4O2/c1-11-16(10-25-27(11)14-5-3-13(23)4-6-14)19(28)15(9-24)20(29)26-18-7-2-12(21)8-17(18)22/h2-8,10,15H,1H3,(H,26,29). The molecule has 0 aliphatic rings. The van der Waals surface area contributed by atoms with Crippen LogP contribution in [-0.2, 0) is 4.79 Å². The molecule has 1 amide bonds. The molecule has 1 N–H and O–H groups in total. The van der Waals surface area contributed by atoms with Gasteiger partial charge >= 0.3 is 0 Å². The van der Waals surface area contributed by atoms with Gasteiger partial charge in [0.15, 0.2) is 11.7 Å². The summed E-state index contributed by atoms with van der Waals surface area (Å²) in [5.41, 5.74) is 1.29. The number of ketones is 1. The highest BCUT2D eigenvalue weighted by Gasteiger charge is 2.30. The summed E-state index contributed by atoms with van der Waals surface area (Å²) in [4.78, 5) is 25.3.